The molecule has 0 radical (unpaired) electrons. The number of epoxide rings is 1. The van der Waals surface area contributed by atoms with Gasteiger partial charge in [-0.25, -0.2) is 0 Å². The zero-order chi connectivity index (χ0) is 13.1. The number of aliphatic hydroxyl groups excluding tert-OH is 1. The Kier molecular flexibility index (Phi) is 5.63. The molecule has 4 heteroatoms. The molecule has 0 saturated carbocycles. The number of ether oxygens (including phenoxy) is 1. The van der Waals surface area contributed by atoms with Crippen LogP contribution in [0.4, 0.5) is 0 Å². The fourth-order valence-corrected chi connectivity index (χ4v) is 5.54. The SMILES string of the molecule is CC[Si](CC)(CC)O[C@@H](C)[C@H](C)[C@@H]1O[C@@H]1CO. The van der Waals surface area contributed by atoms with Crippen LogP contribution in [-0.4, -0.2) is 38.3 Å². The highest BCUT2D eigenvalue weighted by molar-refractivity contribution is 6.73. The highest BCUT2D eigenvalue weighted by Gasteiger charge is 2.45. The number of rotatable bonds is 8. The van der Waals surface area contributed by atoms with Crippen LogP contribution in [0.1, 0.15) is 34.6 Å². The van der Waals surface area contributed by atoms with Crippen molar-refractivity contribution in [3.8, 4) is 0 Å². The van der Waals surface area contributed by atoms with Gasteiger partial charge in [-0.2, -0.15) is 0 Å². The van der Waals surface area contributed by atoms with Gasteiger partial charge in [0.25, 0.3) is 0 Å². The Labute approximate surface area is 107 Å². The molecule has 1 N–H and O–H groups in total. The Balaban J connectivity index is 2.49. The Morgan fingerprint density at radius 1 is 1.18 bits per heavy atom. The summed E-state index contributed by atoms with van der Waals surface area (Å²) in [6.45, 7) is 11.2. The van der Waals surface area contributed by atoms with Crippen LogP contribution in [0.25, 0.3) is 0 Å². The molecule has 1 fully saturated rings. The third-order valence-corrected chi connectivity index (χ3v) is 9.17. The molecule has 1 saturated heterocycles. The van der Waals surface area contributed by atoms with Crippen LogP contribution in [0, 0.1) is 5.92 Å². The minimum absolute atomic E-state index is 0.0528. The summed E-state index contributed by atoms with van der Waals surface area (Å²) >= 11 is 0. The van der Waals surface area contributed by atoms with Crippen LogP contribution in [0.3, 0.4) is 0 Å². The van der Waals surface area contributed by atoms with Crippen molar-refractivity contribution in [2.75, 3.05) is 6.61 Å². The van der Waals surface area contributed by atoms with Gasteiger partial charge in [0.2, 0.25) is 0 Å². The molecule has 4 atom stereocenters. The highest BCUT2D eigenvalue weighted by Crippen LogP contribution is 2.34. The van der Waals surface area contributed by atoms with E-state index in [-0.39, 0.29) is 24.9 Å². The van der Waals surface area contributed by atoms with E-state index < -0.39 is 8.32 Å². The van der Waals surface area contributed by atoms with E-state index in [2.05, 4.69) is 34.6 Å². The Bertz CT molecular complexity index is 222. The van der Waals surface area contributed by atoms with Gasteiger partial charge in [0, 0.05) is 12.0 Å². The van der Waals surface area contributed by atoms with Gasteiger partial charge >= 0.3 is 0 Å². The first-order chi connectivity index (χ1) is 8.03. The Morgan fingerprint density at radius 3 is 2.06 bits per heavy atom. The molecule has 102 valence electrons. The second kappa shape index (κ2) is 6.32. The van der Waals surface area contributed by atoms with Crippen molar-refractivity contribution < 1.29 is 14.3 Å². The van der Waals surface area contributed by atoms with E-state index in [0.29, 0.717) is 5.92 Å². The first kappa shape index (κ1) is 15.2. The minimum atomic E-state index is -1.51. The topological polar surface area (TPSA) is 42.0 Å². The van der Waals surface area contributed by atoms with Gasteiger partial charge in [-0.1, -0.05) is 27.7 Å². The molecule has 1 aliphatic rings. The van der Waals surface area contributed by atoms with Crippen molar-refractivity contribution in [3.63, 3.8) is 0 Å². The summed E-state index contributed by atoms with van der Waals surface area (Å²) in [6.07, 6.45) is 0.493. The molecule has 17 heavy (non-hydrogen) atoms. The van der Waals surface area contributed by atoms with Crippen molar-refractivity contribution in [3.05, 3.63) is 0 Å². The number of aliphatic hydroxyl groups is 1. The Hall–Kier alpha value is 0.0969. The van der Waals surface area contributed by atoms with Gasteiger partial charge < -0.3 is 14.3 Å². The van der Waals surface area contributed by atoms with E-state index in [4.69, 9.17) is 14.3 Å². The molecular weight excluding hydrogens is 232 g/mol. The molecule has 0 aliphatic carbocycles. The second-order valence-corrected chi connectivity index (χ2v) is 9.97. The normalized spacial score (nSPS) is 27.9. The van der Waals surface area contributed by atoms with E-state index in [1.54, 1.807) is 0 Å². The van der Waals surface area contributed by atoms with Gasteiger partial charge in [0.05, 0.1) is 12.7 Å². The van der Waals surface area contributed by atoms with Gasteiger partial charge in [-0.3, -0.25) is 0 Å². The summed E-state index contributed by atoms with van der Waals surface area (Å²) in [6, 6.07) is 3.56. The Morgan fingerprint density at radius 2 is 1.71 bits per heavy atom. The molecule has 1 heterocycles. The molecule has 0 aromatic heterocycles. The molecule has 1 rings (SSSR count). The fourth-order valence-electron chi connectivity index (χ4n) is 2.53. The van der Waals surface area contributed by atoms with Crippen molar-refractivity contribution in [1.29, 1.82) is 0 Å². The van der Waals surface area contributed by atoms with E-state index in [0.717, 1.165) is 0 Å². The maximum atomic E-state index is 9.02. The van der Waals surface area contributed by atoms with E-state index in [1.165, 1.54) is 18.1 Å². The fraction of sp³-hybridized carbons (Fsp3) is 1.00. The van der Waals surface area contributed by atoms with Gasteiger partial charge in [-0.05, 0) is 25.1 Å². The molecule has 3 nitrogen and oxygen atoms in total. The molecular formula is C13H28O3Si. The third-order valence-electron chi connectivity index (χ3n) is 4.43. The van der Waals surface area contributed by atoms with Crippen LogP contribution in [0.5, 0.6) is 0 Å². The number of hydrogen-bond acceptors (Lipinski definition) is 3. The monoisotopic (exact) mass is 260 g/mol. The van der Waals surface area contributed by atoms with E-state index in [9.17, 15) is 0 Å². The van der Waals surface area contributed by atoms with Crippen molar-refractivity contribution in [2.45, 2.75) is 71.1 Å². The van der Waals surface area contributed by atoms with E-state index in [1.807, 2.05) is 0 Å². The summed E-state index contributed by atoms with van der Waals surface area (Å²) in [5.41, 5.74) is 0. The molecule has 1 aliphatic heterocycles. The van der Waals surface area contributed by atoms with Gasteiger partial charge in [0.15, 0.2) is 8.32 Å². The summed E-state index contributed by atoms with van der Waals surface area (Å²) < 4.78 is 11.9. The minimum Gasteiger partial charge on any atom is -0.414 e. The quantitative estimate of drug-likeness (QED) is 0.539. The second-order valence-electron chi connectivity index (χ2n) is 5.25. The third kappa shape index (κ3) is 3.53. The number of hydrogen-bond donors (Lipinski definition) is 1. The molecule has 0 spiro atoms. The molecule has 0 amide bonds. The van der Waals surface area contributed by atoms with Crippen LogP contribution < -0.4 is 0 Å². The van der Waals surface area contributed by atoms with Crippen molar-refractivity contribution in [2.24, 2.45) is 5.92 Å². The summed E-state index contributed by atoms with van der Waals surface area (Å²) in [5, 5.41) is 9.02. The zero-order valence-electron chi connectivity index (χ0n) is 11.9. The van der Waals surface area contributed by atoms with E-state index >= 15 is 0 Å². The highest BCUT2D eigenvalue weighted by atomic mass is 28.4. The predicted octanol–water partition coefficient (Wildman–Crippen LogP) is 2.79. The van der Waals surface area contributed by atoms with Crippen LogP contribution in [-0.2, 0) is 9.16 Å². The van der Waals surface area contributed by atoms with Crippen LogP contribution in [0.2, 0.25) is 18.1 Å². The lowest BCUT2D eigenvalue weighted by Crippen LogP contribution is -2.42. The van der Waals surface area contributed by atoms with Crippen LogP contribution >= 0.6 is 0 Å². The van der Waals surface area contributed by atoms with Crippen LogP contribution in [0.15, 0.2) is 0 Å². The first-order valence-corrected chi connectivity index (χ1v) is 9.50. The summed E-state index contributed by atoms with van der Waals surface area (Å²) in [7, 11) is -1.51. The average Bonchev–Trinajstić information content (AvgIpc) is 3.14. The largest absolute Gasteiger partial charge is 0.414 e. The lowest BCUT2D eigenvalue weighted by atomic mass is 10.0. The summed E-state index contributed by atoms with van der Waals surface area (Å²) in [5.74, 6) is 0.378. The molecule has 0 bridgehead atoms. The first-order valence-electron chi connectivity index (χ1n) is 6.97. The lowest BCUT2D eigenvalue weighted by molar-refractivity contribution is 0.127. The molecule has 0 aromatic carbocycles. The maximum absolute atomic E-state index is 9.02. The average molecular weight is 260 g/mol. The maximum Gasteiger partial charge on any atom is 0.192 e. The lowest BCUT2D eigenvalue weighted by Gasteiger charge is -2.34. The van der Waals surface area contributed by atoms with Gasteiger partial charge in [0.1, 0.15) is 6.10 Å². The predicted molar refractivity (Wildman–Crippen MR) is 72.7 cm³/mol. The smallest absolute Gasteiger partial charge is 0.192 e. The van der Waals surface area contributed by atoms with Crippen molar-refractivity contribution >= 4 is 8.32 Å². The van der Waals surface area contributed by atoms with Crippen molar-refractivity contribution in [1.82, 2.24) is 0 Å². The van der Waals surface area contributed by atoms with Gasteiger partial charge in [-0.15, -0.1) is 0 Å². The molecule has 0 aromatic rings. The summed E-state index contributed by atoms with van der Waals surface area (Å²) in [4.78, 5) is 0. The molecule has 0 unspecified atom stereocenters. The standard InChI is InChI=1S/C13H28O3Si/c1-6-17(7-2,8-3)16-11(5)10(4)13-12(9-14)15-13/h10-14H,6-9H2,1-5H3/t10-,11-,12+,13-/m0/s1. The zero-order valence-corrected chi connectivity index (χ0v) is 12.9.